The fraction of sp³-hybridized carbons (Fsp3) is 0.538. The van der Waals surface area contributed by atoms with E-state index in [4.69, 9.17) is 15.4 Å². The molecule has 0 N–H and O–H groups in total. The molecule has 0 bridgehead atoms. The van der Waals surface area contributed by atoms with Gasteiger partial charge in [0.2, 0.25) is 9.05 Å². The monoisotopic (exact) mass is 308 g/mol. The Morgan fingerprint density at radius 3 is 2.68 bits per heavy atom. The Kier molecular flexibility index (Phi) is 6.07. The summed E-state index contributed by atoms with van der Waals surface area (Å²) in [5.74, 6) is -0.252. The van der Waals surface area contributed by atoms with E-state index >= 15 is 0 Å². The van der Waals surface area contributed by atoms with Gasteiger partial charge in [0, 0.05) is 22.7 Å². The second-order valence-corrected chi connectivity index (χ2v) is 7.40. The van der Waals surface area contributed by atoms with Crippen molar-refractivity contribution in [3.8, 4) is 5.75 Å². The zero-order chi connectivity index (χ0) is 14.5. The predicted octanol–water partition coefficient (Wildman–Crippen LogP) is 3.50. The van der Waals surface area contributed by atoms with Crippen LogP contribution in [0, 0.1) is 18.7 Å². The zero-order valence-electron chi connectivity index (χ0n) is 11.0. The largest absolute Gasteiger partial charge is 0.493 e. The third-order valence-electron chi connectivity index (χ3n) is 2.76. The number of halogens is 2. The Hall–Kier alpha value is -0.810. The van der Waals surface area contributed by atoms with E-state index in [9.17, 15) is 12.8 Å². The van der Waals surface area contributed by atoms with E-state index in [-0.39, 0.29) is 24.1 Å². The molecule has 1 atom stereocenters. The molecule has 19 heavy (non-hydrogen) atoms. The molecule has 0 saturated heterocycles. The molecule has 6 heteroatoms. The molecule has 108 valence electrons. The molecule has 0 heterocycles. The van der Waals surface area contributed by atoms with Crippen molar-refractivity contribution in [3.05, 3.63) is 29.6 Å². The molecule has 0 aromatic heterocycles. The third-order valence-corrected chi connectivity index (χ3v) is 4.00. The maximum Gasteiger partial charge on any atom is 0.232 e. The molecule has 0 amide bonds. The Labute approximate surface area is 118 Å². The lowest BCUT2D eigenvalue weighted by Gasteiger charge is -2.16. The van der Waals surface area contributed by atoms with Gasteiger partial charge in [-0.2, -0.15) is 0 Å². The van der Waals surface area contributed by atoms with E-state index in [1.54, 1.807) is 6.07 Å². The fourth-order valence-electron chi connectivity index (χ4n) is 1.84. The van der Waals surface area contributed by atoms with Gasteiger partial charge < -0.3 is 4.74 Å². The van der Waals surface area contributed by atoms with Crippen molar-refractivity contribution in [1.29, 1.82) is 0 Å². The molecule has 3 nitrogen and oxygen atoms in total. The SMILES string of the molecule is CCCC(COc1cc(F)ccc1C)CS(=O)(=O)Cl. The van der Waals surface area contributed by atoms with Crippen LogP contribution >= 0.6 is 10.7 Å². The van der Waals surface area contributed by atoms with Crippen molar-refractivity contribution >= 4 is 19.7 Å². The van der Waals surface area contributed by atoms with Gasteiger partial charge >= 0.3 is 0 Å². The van der Waals surface area contributed by atoms with Gasteiger partial charge in [0.15, 0.2) is 0 Å². The van der Waals surface area contributed by atoms with Crippen LogP contribution in [-0.4, -0.2) is 20.8 Å². The fourth-order valence-corrected chi connectivity index (χ4v) is 3.20. The first-order valence-electron chi connectivity index (χ1n) is 6.13. The lowest BCUT2D eigenvalue weighted by Crippen LogP contribution is -2.20. The molecule has 0 fully saturated rings. The van der Waals surface area contributed by atoms with Crippen molar-refractivity contribution in [2.24, 2.45) is 5.92 Å². The topological polar surface area (TPSA) is 43.4 Å². The number of hydrogen-bond donors (Lipinski definition) is 0. The summed E-state index contributed by atoms with van der Waals surface area (Å²) in [6.07, 6.45) is 1.53. The number of ether oxygens (including phenoxy) is 1. The van der Waals surface area contributed by atoms with Crippen LogP contribution in [0.15, 0.2) is 18.2 Å². The third kappa shape index (κ3) is 6.25. The second kappa shape index (κ2) is 7.10. The molecule has 1 unspecified atom stereocenters. The van der Waals surface area contributed by atoms with Gasteiger partial charge in [-0.05, 0) is 25.0 Å². The van der Waals surface area contributed by atoms with Crippen LogP contribution in [0.4, 0.5) is 4.39 Å². The summed E-state index contributed by atoms with van der Waals surface area (Å²) in [5, 5.41) is 0. The van der Waals surface area contributed by atoms with Crippen LogP contribution in [0.1, 0.15) is 25.3 Å². The summed E-state index contributed by atoms with van der Waals surface area (Å²) in [7, 11) is 1.71. The summed E-state index contributed by atoms with van der Waals surface area (Å²) in [6, 6.07) is 4.28. The zero-order valence-corrected chi connectivity index (χ0v) is 12.6. The van der Waals surface area contributed by atoms with E-state index in [1.165, 1.54) is 12.1 Å². The van der Waals surface area contributed by atoms with Gasteiger partial charge in [0.05, 0.1) is 12.4 Å². The van der Waals surface area contributed by atoms with Gasteiger partial charge in [0.1, 0.15) is 11.6 Å². The lowest BCUT2D eigenvalue weighted by atomic mass is 10.1. The molecule has 1 rings (SSSR count). The average Bonchev–Trinajstić information content (AvgIpc) is 2.28. The van der Waals surface area contributed by atoms with Gasteiger partial charge in [-0.15, -0.1) is 0 Å². The van der Waals surface area contributed by atoms with Gasteiger partial charge in [-0.25, -0.2) is 12.8 Å². The van der Waals surface area contributed by atoms with Gasteiger partial charge in [0.25, 0.3) is 0 Å². The summed E-state index contributed by atoms with van der Waals surface area (Å²) < 4.78 is 40.8. The van der Waals surface area contributed by atoms with Crippen molar-refractivity contribution in [2.75, 3.05) is 12.4 Å². The Bertz CT molecular complexity index is 517. The second-order valence-electron chi connectivity index (χ2n) is 4.58. The minimum atomic E-state index is -3.55. The summed E-state index contributed by atoms with van der Waals surface area (Å²) in [6.45, 7) is 3.98. The Balaban J connectivity index is 2.68. The minimum absolute atomic E-state index is 0.128. The van der Waals surface area contributed by atoms with Crippen LogP contribution in [0.2, 0.25) is 0 Å². The van der Waals surface area contributed by atoms with Crippen molar-refractivity contribution in [3.63, 3.8) is 0 Å². The summed E-state index contributed by atoms with van der Waals surface area (Å²) in [4.78, 5) is 0. The Morgan fingerprint density at radius 2 is 2.11 bits per heavy atom. The van der Waals surface area contributed by atoms with Crippen LogP contribution < -0.4 is 4.74 Å². The number of hydrogen-bond acceptors (Lipinski definition) is 3. The average molecular weight is 309 g/mol. The summed E-state index contributed by atoms with van der Waals surface area (Å²) in [5.41, 5.74) is 0.811. The van der Waals surface area contributed by atoms with Crippen LogP contribution in [-0.2, 0) is 9.05 Å². The first-order valence-corrected chi connectivity index (χ1v) is 8.61. The minimum Gasteiger partial charge on any atom is -0.493 e. The smallest absolute Gasteiger partial charge is 0.232 e. The molecule has 0 aliphatic carbocycles. The molecule has 1 aromatic carbocycles. The van der Waals surface area contributed by atoms with Gasteiger partial charge in [-0.1, -0.05) is 19.4 Å². The van der Waals surface area contributed by atoms with Crippen molar-refractivity contribution in [2.45, 2.75) is 26.7 Å². The van der Waals surface area contributed by atoms with Crippen LogP contribution in [0.25, 0.3) is 0 Å². The molecule has 1 aromatic rings. The van der Waals surface area contributed by atoms with Crippen molar-refractivity contribution < 1.29 is 17.5 Å². The number of rotatable bonds is 7. The van der Waals surface area contributed by atoms with Gasteiger partial charge in [-0.3, -0.25) is 0 Å². The highest BCUT2D eigenvalue weighted by molar-refractivity contribution is 8.13. The first-order chi connectivity index (χ1) is 8.81. The normalized spacial score (nSPS) is 13.3. The maximum absolute atomic E-state index is 13.1. The molecule has 0 aliphatic heterocycles. The van der Waals surface area contributed by atoms with Crippen molar-refractivity contribution in [1.82, 2.24) is 0 Å². The highest BCUT2D eigenvalue weighted by atomic mass is 35.7. The molecule has 0 aliphatic rings. The standard InChI is InChI=1S/C13H18ClFO3S/c1-3-4-11(9-19(14,16)17)8-18-13-7-12(15)6-5-10(13)2/h5-7,11H,3-4,8-9H2,1-2H3. The van der Waals surface area contributed by atoms with E-state index in [0.717, 1.165) is 12.0 Å². The highest BCUT2D eigenvalue weighted by Gasteiger charge is 2.17. The first kappa shape index (κ1) is 16.2. The van der Waals surface area contributed by atoms with E-state index in [1.807, 2.05) is 13.8 Å². The number of benzene rings is 1. The molecule has 0 saturated carbocycles. The Morgan fingerprint density at radius 1 is 1.42 bits per heavy atom. The quantitative estimate of drug-likeness (QED) is 0.724. The van der Waals surface area contributed by atoms with E-state index in [2.05, 4.69) is 0 Å². The molecular formula is C13H18ClFO3S. The lowest BCUT2D eigenvalue weighted by molar-refractivity contribution is 0.250. The van der Waals surface area contributed by atoms with E-state index < -0.39 is 9.05 Å². The van der Waals surface area contributed by atoms with E-state index in [0.29, 0.717) is 12.2 Å². The number of aryl methyl sites for hydroxylation is 1. The van der Waals surface area contributed by atoms with Crippen LogP contribution in [0.5, 0.6) is 5.75 Å². The molecular weight excluding hydrogens is 291 g/mol. The highest BCUT2D eigenvalue weighted by Crippen LogP contribution is 2.21. The summed E-state index contributed by atoms with van der Waals surface area (Å²) >= 11 is 0. The maximum atomic E-state index is 13.1. The molecule has 0 radical (unpaired) electrons. The van der Waals surface area contributed by atoms with Crippen LogP contribution in [0.3, 0.4) is 0 Å². The predicted molar refractivity (Wildman–Crippen MR) is 74.7 cm³/mol. The molecule has 0 spiro atoms.